The normalized spacial score (nSPS) is 10.6. The molecule has 0 spiro atoms. The van der Waals surface area contributed by atoms with E-state index in [4.69, 9.17) is 16.7 Å². The van der Waals surface area contributed by atoms with Crippen LogP contribution in [0.25, 0.3) is 0 Å². The fourth-order valence-electron chi connectivity index (χ4n) is 1.26. The predicted molar refractivity (Wildman–Crippen MR) is 78.2 cm³/mol. The van der Waals surface area contributed by atoms with Gasteiger partial charge in [0, 0.05) is 6.42 Å². The molecule has 1 aromatic rings. The van der Waals surface area contributed by atoms with E-state index in [1.165, 1.54) is 6.20 Å². The van der Waals surface area contributed by atoms with Gasteiger partial charge >= 0.3 is 11.9 Å². The van der Waals surface area contributed by atoms with Gasteiger partial charge in [0.15, 0.2) is 0 Å². The Kier molecular flexibility index (Phi) is 9.79. The number of carbonyl (C=O) groups excluding carboxylic acids is 2. The number of hydrogen-bond acceptors (Lipinski definition) is 8. The molecular weight excluding hydrogens is 290 g/mol. The van der Waals surface area contributed by atoms with E-state index < -0.39 is 12.0 Å². The van der Waals surface area contributed by atoms with Crippen molar-refractivity contribution in [2.75, 3.05) is 18.9 Å². The molecule has 0 radical (unpaired) electrons. The van der Waals surface area contributed by atoms with Gasteiger partial charge in [-0.25, -0.2) is 0 Å². The van der Waals surface area contributed by atoms with Crippen LogP contribution >= 0.6 is 0 Å². The number of nitrogens with zero attached hydrogens (tertiary/aromatic N) is 2. The number of H-pyrrole nitrogens is 1. The van der Waals surface area contributed by atoms with Gasteiger partial charge in [-0.05, 0) is 20.3 Å². The minimum atomic E-state index is -0.737. The van der Waals surface area contributed by atoms with Crippen LogP contribution < -0.4 is 11.5 Å². The van der Waals surface area contributed by atoms with Crippen LogP contribution in [0.3, 0.4) is 0 Å². The standard InChI is InChI=1S/C9H17NO4.C4H4N4/c1-3-13-8(11)6-5-7(10)9(12)14-4-2;5-1-3-2-7-8-4(3)6/h7H,3-6,10H2,1-2H3;2H,(H3,6,7,8)/t7-;/m0./s1. The van der Waals surface area contributed by atoms with Crippen molar-refractivity contribution in [1.82, 2.24) is 10.2 Å². The fraction of sp³-hybridized carbons (Fsp3) is 0.538. The number of nitrogens with one attached hydrogen (secondary N) is 1. The summed E-state index contributed by atoms with van der Waals surface area (Å²) in [6, 6.07) is 1.12. The molecule has 0 saturated carbocycles. The fourth-order valence-corrected chi connectivity index (χ4v) is 1.26. The highest BCUT2D eigenvalue weighted by Crippen LogP contribution is 2.01. The third-order valence-electron chi connectivity index (χ3n) is 2.34. The summed E-state index contributed by atoms with van der Waals surface area (Å²) in [6.07, 6.45) is 1.79. The summed E-state index contributed by atoms with van der Waals surface area (Å²) in [6.45, 7) is 4.07. The maximum Gasteiger partial charge on any atom is 0.322 e. The van der Waals surface area contributed by atoms with Crippen LogP contribution in [0.5, 0.6) is 0 Å². The van der Waals surface area contributed by atoms with Crippen molar-refractivity contribution in [2.24, 2.45) is 5.73 Å². The third kappa shape index (κ3) is 7.86. The molecule has 0 amide bonds. The summed E-state index contributed by atoms with van der Waals surface area (Å²) in [5, 5.41) is 14.2. The van der Waals surface area contributed by atoms with Crippen LogP contribution in [-0.2, 0) is 19.1 Å². The molecule has 0 bridgehead atoms. The molecule has 5 N–H and O–H groups in total. The monoisotopic (exact) mass is 311 g/mol. The summed E-state index contributed by atoms with van der Waals surface area (Å²) < 4.78 is 9.37. The number of nitrogens with two attached hydrogens (primary N) is 2. The highest BCUT2D eigenvalue weighted by Gasteiger charge is 2.16. The Bertz CT molecular complexity index is 509. The van der Waals surface area contributed by atoms with Crippen molar-refractivity contribution in [3.8, 4) is 6.07 Å². The molecule has 9 nitrogen and oxygen atoms in total. The minimum absolute atomic E-state index is 0.147. The molecule has 0 saturated heterocycles. The third-order valence-corrected chi connectivity index (χ3v) is 2.34. The molecule has 122 valence electrons. The van der Waals surface area contributed by atoms with Crippen LogP contribution in [0, 0.1) is 11.3 Å². The van der Waals surface area contributed by atoms with Crippen LogP contribution in [0.4, 0.5) is 5.82 Å². The second kappa shape index (κ2) is 11.1. The zero-order chi connectivity index (χ0) is 17.0. The lowest BCUT2D eigenvalue weighted by Crippen LogP contribution is -2.32. The Labute approximate surface area is 128 Å². The van der Waals surface area contributed by atoms with Gasteiger partial charge in [-0.3, -0.25) is 14.7 Å². The zero-order valence-corrected chi connectivity index (χ0v) is 12.7. The van der Waals surface area contributed by atoms with Crippen molar-refractivity contribution in [1.29, 1.82) is 5.26 Å². The lowest BCUT2D eigenvalue weighted by molar-refractivity contribution is -0.146. The Morgan fingerprint density at radius 1 is 1.41 bits per heavy atom. The number of nitrogen functional groups attached to an aromatic ring is 1. The summed E-state index contributed by atoms with van der Waals surface area (Å²) in [7, 11) is 0. The van der Waals surface area contributed by atoms with Gasteiger partial charge in [-0.1, -0.05) is 0 Å². The first-order valence-corrected chi connectivity index (χ1v) is 6.72. The molecule has 9 heteroatoms. The van der Waals surface area contributed by atoms with Crippen LogP contribution in [0.1, 0.15) is 32.3 Å². The number of rotatable bonds is 6. The highest BCUT2D eigenvalue weighted by molar-refractivity contribution is 5.77. The van der Waals surface area contributed by atoms with Crippen LogP contribution in [-0.4, -0.2) is 41.4 Å². The molecule has 1 atom stereocenters. The number of aromatic amines is 1. The van der Waals surface area contributed by atoms with Crippen molar-refractivity contribution in [3.63, 3.8) is 0 Å². The van der Waals surface area contributed by atoms with E-state index in [2.05, 4.69) is 19.7 Å². The highest BCUT2D eigenvalue weighted by atomic mass is 16.5. The number of ether oxygens (including phenoxy) is 2. The molecule has 0 aromatic carbocycles. The van der Waals surface area contributed by atoms with E-state index in [1.807, 2.05) is 6.07 Å². The van der Waals surface area contributed by atoms with Gasteiger partial charge in [0.05, 0.1) is 19.4 Å². The zero-order valence-electron chi connectivity index (χ0n) is 12.7. The molecule has 0 aliphatic rings. The molecule has 0 fully saturated rings. The molecule has 0 aliphatic heterocycles. The lowest BCUT2D eigenvalue weighted by atomic mass is 10.2. The van der Waals surface area contributed by atoms with Crippen LogP contribution in [0.15, 0.2) is 6.20 Å². The van der Waals surface area contributed by atoms with Gasteiger partial charge in [-0.15, -0.1) is 0 Å². The van der Waals surface area contributed by atoms with Gasteiger partial charge < -0.3 is 20.9 Å². The Morgan fingerprint density at radius 2 is 2.05 bits per heavy atom. The van der Waals surface area contributed by atoms with Crippen molar-refractivity contribution in [2.45, 2.75) is 32.7 Å². The molecule has 0 aliphatic carbocycles. The maximum absolute atomic E-state index is 11.0. The molecular formula is C13H21N5O4. The van der Waals surface area contributed by atoms with Crippen LogP contribution in [0.2, 0.25) is 0 Å². The van der Waals surface area contributed by atoms with E-state index >= 15 is 0 Å². The topological polar surface area (TPSA) is 157 Å². The van der Waals surface area contributed by atoms with E-state index in [9.17, 15) is 9.59 Å². The van der Waals surface area contributed by atoms with Gasteiger partial charge in [0.2, 0.25) is 0 Å². The predicted octanol–water partition coefficient (Wildman–Crippen LogP) is 0.0837. The number of carbonyl (C=O) groups is 2. The van der Waals surface area contributed by atoms with Crippen molar-refractivity contribution in [3.05, 3.63) is 11.8 Å². The molecule has 1 rings (SSSR count). The second-order valence-electron chi connectivity index (χ2n) is 4.01. The number of anilines is 1. The van der Waals surface area contributed by atoms with E-state index in [-0.39, 0.29) is 18.8 Å². The van der Waals surface area contributed by atoms with E-state index in [0.717, 1.165) is 0 Å². The van der Waals surface area contributed by atoms with Crippen molar-refractivity contribution >= 4 is 17.8 Å². The number of aromatic nitrogens is 2. The average molecular weight is 311 g/mol. The second-order valence-corrected chi connectivity index (χ2v) is 4.01. The smallest absolute Gasteiger partial charge is 0.322 e. The number of nitriles is 1. The largest absolute Gasteiger partial charge is 0.466 e. The SMILES string of the molecule is CCOC(=O)CC[C@H](N)C(=O)OCC.N#Cc1cn[nH]c1N. The minimum Gasteiger partial charge on any atom is -0.466 e. The Morgan fingerprint density at radius 3 is 2.45 bits per heavy atom. The summed E-state index contributed by atoms with van der Waals surface area (Å²) in [5.74, 6) is -0.489. The van der Waals surface area contributed by atoms with Crippen molar-refractivity contribution < 1.29 is 19.1 Å². The first-order chi connectivity index (χ1) is 10.5. The lowest BCUT2D eigenvalue weighted by Gasteiger charge is -2.09. The first kappa shape index (κ1) is 19.4. The average Bonchev–Trinajstić information content (AvgIpc) is 2.91. The molecule has 1 heterocycles. The van der Waals surface area contributed by atoms with E-state index in [0.29, 0.717) is 24.6 Å². The summed E-state index contributed by atoms with van der Waals surface area (Å²) in [5.41, 5.74) is 11.1. The summed E-state index contributed by atoms with van der Waals surface area (Å²) in [4.78, 5) is 21.9. The quantitative estimate of drug-likeness (QED) is 0.623. The molecule has 1 aromatic heterocycles. The van der Waals surface area contributed by atoms with Gasteiger partial charge in [0.25, 0.3) is 0 Å². The molecule has 0 unspecified atom stereocenters. The number of esters is 2. The first-order valence-electron chi connectivity index (χ1n) is 6.72. The van der Waals surface area contributed by atoms with E-state index in [1.54, 1.807) is 13.8 Å². The number of hydrogen-bond donors (Lipinski definition) is 3. The van der Waals surface area contributed by atoms with Gasteiger partial charge in [-0.2, -0.15) is 10.4 Å². The van der Waals surface area contributed by atoms with Gasteiger partial charge in [0.1, 0.15) is 23.5 Å². The maximum atomic E-state index is 11.0. The Balaban J connectivity index is 0.000000461. The Hall–Kier alpha value is -2.60. The molecule has 22 heavy (non-hydrogen) atoms. The summed E-state index contributed by atoms with van der Waals surface area (Å²) >= 11 is 0.